The average molecular weight is 409 g/mol. The first-order valence-corrected chi connectivity index (χ1v) is 9.63. The van der Waals surface area contributed by atoms with Crippen LogP contribution in [0.4, 0.5) is 11.4 Å². The molecule has 1 heterocycles. The minimum atomic E-state index is -0.281. The van der Waals surface area contributed by atoms with E-state index in [-0.39, 0.29) is 11.8 Å². The Balaban J connectivity index is 1.43. The monoisotopic (exact) mass is 409 g/mol. The number of para-hydroxylation sites is 1. The van der Waals surface area contributed by atoms with Gasteiger partial charge in [0, 0.05) is 34.9 Å². The van der Waals surface area contributed by atoms with Gasteiger partial charge in [0.2, 0.25) is 0 Å². The largest absolute Gasteiger partial charge is 0.457 e. The van der Waals surface area contributed by atoms with Crippen LogP contribution in [0.25, 0.3) is 0 Å². The summed E-state index contributed by atoms with van der Waals surface area (Å²) in [6.45, 7) is 0. The van der Waals surface area contributed by atoms with Gasteiger partial charge in [-0.25, -0.2) is 0 Å². The lowest BCUT2D eigenvalue weighted by molar-refractivity contribution is 0.101. The number of pyridine rings is 1. The maximum absolute atomic E-state index is 12.7. The molecule has 0 fully saturated rings. The fourth-order valence-corrected chi connectivity index (χ4v) is 2.91. The number of carbonyl (C=O) groups excluding carboxylic acids is 2. The molecule has 4 rings (SSSR count). The number of aromatic nitrogens is 1. The lowest BCUT2D eigenvalue weighted by Crippen LogP contribution is -2.14. The van der Waals surface area contributed by atoms with Crippen LogP contribution < -0.4 is 15.4 Å². The van der Waals surface area contributed by atoms with Crippen molar-refractivity contribution < 1.29 is 14.3 Å². The molecule has 0 aliphatic rings. The highest BCUT2D eigenvalue weighted by Crippen LogP contribution is 2.23. The van der Waals surface area contributed by atoms with E-state index in [1.807, 2.05) is 30.3 Å². The van der Waals surface area contributed by atoms with Crippen molar-refractivity contribution in [2.45, 2.75) is 0 Å². The fourth-order valence-electron chi connectivity index (χ4n) is 2.91. The molecular weight excluding hydrogens is 390 g/mol. The van der Waals surface area contributed by atoms with Crippen molar-refractivity contribution in [1.82, 2.24) is 4.98 Å². The summed E-state index contributed by atoms with van der Waals surface area (Å²) < 4.78 is 5.79. The first-order chi connectivity index (χ1) is 15.2. The molecular formula is C25H19N3O3. The Labute approximate surface area is 179 Å². The molecule has 6 nitrogen and oxygen atoms in total. The van der Waals surface area contributed by atoms with Crippen LogP contribution in [0.15, 0.2) is 103 Å². The van der Waals surface area contributed by atoms with E-state index in [0.717, 1.165) is 0 Å². The zero-order chi connectivity index (χ0) is 21.5. The van der Waals surface area contributed by atoms with E-state index < -0.39 is 0 Å². The van der Waals surface area contributed by atoms with Gasteiger partial charge in [0.05, 0.1) is 0 Å². The molecule has 0 unspecified atom stereocenters. The van der Waals surface area contributed by atoms with E-state index in [2.05, 4.69) is 15.6 Å². The van der Waals surface area contributed by atoms with Crippen molar-refractivity contribution in [2.24, 2.45) is 0 Å². The molecule has 0 radical (unpaired) electrons. The van der Waals surface area contributed by atoms with Gasteiger partial charge >= 0.3 is 0 Å². The lowest BCUT2D eigenvalue weighted by atomic mass is 10.2. The second-order valence-corrected chi connectivity index (χ2v) is 6.67. The van der Waals surface area contributed by atoms with E-state index in [1.165, 1.54) is 0 Å². The zero-order valence-electron chi connectivity index (χ0n) is 16.5. The molecule has 31 heavy (non-hydrogen) atoms. The third-order valence-corrected chi connectivity index (χ3v) is 4.40. The quantitative estimate of drug-likeness (QED) is 0.448. The molecule has 0 saturated carbocycles. The van der Waals surface area contributed by atoms with Crippen molar-refractivity contribution in [3.8, 4) is 11.5 Å². The number of amides is 2. The molecule has 6 heteroatoms. The predicted molar refractivity (Wildman–Crippen MR) is 120 cm³/mol. The molecule has 3 aromatic carbocycles. The van der Waals surface area contributed by atoms with Crippen LogP contribution in [0.3, 0.4) is 0 Å². The number of nitrogens with one attached hydrogen (secondary N) is 2. The van der Waals surface area contributed by atoms with Gasteiger partial charge in [-0.1, -0.05) is 30.3 Å². The number of anilines is 2. The second kappa shape index (κ2) is 9.37. The number of carbonyl (C=O) groups is 2. The summed E-state index contributed by atoms with van der Waals surface area (Å²) in [5.41, 5.74) is 2.09. The van der Waals surface area contributed by atoms with Gasteiger partial charge in [-0.05, 0) is 60.7 Å². The SMILES string of the molecule is O=C(Nc1cccc(NC(=O)c2cccc(Oc3ccccc3)c2)c1)c1ccncc1. The van der Waals surface area contributed by atoms with Crippen LogP contribution in [0.1, 0.15) is 20.7 Å². The third kappa shape index (κ3) is 5.33. The molecule has 0 atom stereocenters. The number of rotatable bonds is 6. The van der Waals surface area contributed by atoms with Crippen molar-refractivity contribution >= 4 is 23.2 Å². The molecule has 0 aliphatic carbocycles. The highest BCUT2D eigenvalue weighted by molar-refractivity contribution is 6.06. The third-order valence-electron chi connectivity index (χ3n) is 4.40. The standard InChI is InChI=1S/C25H19N3O3/c29-24(18-12-14-26-15-13-18)27-20-7-5-8-21(17-20)28-25(30)19-6-4-11-23(16-19)31-22-9-2-1-3-10-22/h1-17H,(H,27,29)(H,28,30). The van der Waals surface area contributed by atoms with E-state index >= 15 is 0 Å². The maximum Gasteiger partial charge on any atom is 0.255 e. The molecule has 0 bridgehead atoms. The summed E-state index contributed by atoms with van der Waals surface area (Å²) in [4.78, 5) is 28.9. The Kier molecular flexibility index (Phi) is 6.00. The maximum atomic E-state index is 12.7. The number of hydrogen-bond donors (Lipinski definition) is 2. The van der Waals surface area contributed by atoms with Gasteiger partial charge in [-0.15, -0.1) is 0 Å². The summed E-state index contributed by atoms with van der Waals surface area (Å²) in [5.74, 6) is 0.725. The van der Waals surface area contributed by atoms with Crippen LogP contribution in [-0.4, -0.2) is 16.8 Å². The highest BCUT2D eigenvalue weighted by atomic mass is 16.5. The van der Waals surface area contributed by atoms with Gasteiger partial charge in [0.1, 0.15) is 11.5 Å². The normalized spacial score (nSPS) is 10.2. The molecule has 2 N–H and O–H groups in total. The first-order valence-electron chi connectivity index (χ1n) is 9.63. The minimum absolute atomic E-state index is 0.253. The van der Waals surface area contributed by atoms with Crippen LogP contribution in [0, 0.1) is 0 Å². The van der Waals surface area contributed by atoms with Crippen LogP contribution >= 0.6 is 0 Å². The van der Waals surface area contributed by atoms with Gasteiger partial charge in [0.25, 0.3) is 11.8 Å². The summed E-state index contributed by atoms with van der Waals surface area (Å²) in [6.07, 6.45) is 3.11. The van der Waals surface area contributed by atoms with Crippen molar-refractivity contribution in [2.75, 3.05) is 10.6 Å². The molecule has 2 amide bonds. The topological polar surface area (TPSA) is 80.3 Å². The molecule has 0 saturated heterocycles. The van der Waals surface area contributed by atoms with Gasteiger partial charge in [0.15, 0.2) is 0 Å². The summed E-state index contributed by atoms with van der Waals surface area (Å²) in [7, 11) is 0. The number of benzene rings is 3. The Morgan fingerprint density at radius 1 is 0.613 bits per heavy atom. The molecule has 1 aromatic heterocycles. The zero-order valence-corrected chi connectivity index (χ0v) is 16.5. The molecule has 4 aromatic rings. The molecule has 152 valence electrons. The first kappa shape index (κ1) is 19.8. The Morgan fingerprint density at radius 3 is 1.94 bits per heavy atom. The second-order valence-electron chi connectivity index (χ2n) is 6.67. The van der Waals surface area contributed by atoms with Crippen molar-refractivity contribution in [3.63, 3.8) is 0 Å². The Morgan fingerprint density at radius 2 is 1.23 bits per heavy atom. The molecule has 0 spiro atoms. The van der Waals surface area contributed by atoms with Gasteiger partial charge in [-0.2, -0.15) is 0 Å². The summed E-state index contributed by atoms with van der Waals surface area (Å²) in [6, 6.07) is 26.5. The summed E-state index contributed by atoms with van der Waals surface area (Å²) >= 11 is 0. The van der Waals surface area contributed by atoms with Crippen molar-refractivity contribution in [3.05, 3.63) is 115 Å². The Hall–Kier alpha value is -4.45. The number of nitrogens with zero attached hydrogens (tertiary/aromatic N) is 1. The minimum Gasteiger partial charge on any atom is -0.457 e. The number of ether oxygens (including phenoxy) is 1. The van der Waals surface area contributed by atoms with Crippen LogP contribution in [0.5, 0.6) is 11.5 Å². The average Bonchev–Trinajstić information content (AvgIpc) is 2.81. The predicted octanol–water partition coefficient (Wildman–Crippen LogP) is 5.38. The molecule has 0 aliphatic heterocycles. The van der Waals surface area contributed by atoms with Crippen LogP contribution in [0.2, 0.25) is 0 Å². The Bertz CT molecular complexity index is 1190. The summed E-state index contributed by atoms with van der Waals surface area (Å²) in [5, 5.41) is 5.66. The van der Waals surface area contributed by atoms with Gasteiger partial charge in [-0.3, -0.25) is 14.6 Å². The van der Waals surface area contributed by atoms with E-state index in [4.69, 9.17) is 4.74 Å². The van der Waals surface area contributed by atoms with Crippen molar-refractivity contribution in [1.29, 1.82) is 0 Å². The fraction of sp³-hybridized carbons (Fsp3) is 0. The highest BCUT2D eigenvalue weighted by Gasteiger charge is 2.10. The van der Waals surface area contributed by atoms with Gasteiger partial charge < -0.3 is 15.4 Å². The van der Waals surface area contributed by atoms with E-state index in [9.17, 15) is 9.59 Å². The van der Waals surface area contributed by atoms with Crippen LogP contribution in [-0.2, 0) is 0 Å². The van der Waals surface area contributed by atoms with E-state index in [0.29, 0.717) is 34.0 Å². The van der Waals surface area contributed by atoms with E-state index in [1.54, 1.807) is 73.1 Å². The lowest BCUT2D eigenvalue weighted by Gasteiger charge is -2.10. The smallest absolute Gasteiger partial charge is 0.255 e. The number of hydrogen-bond acceptors (Lipinski definition) is 4.